The largest absolute Gasteiger partial charge is 0.449 e. The summed E-state index contributed by atoms with van der Waals surface area (Å²) in [5.74, 6) is -0.0941. The monoisotopic (exact) mass is 501 g/mol. The van der Waals surface area contributed by atoms with Crippen molar-refractivity contribution in [3.8, 4) is 11.1 Å². The number of carbonyl (C=O) groups excluding carboxylic acids is 2. The van der Waals surface area contributed by atoms with Crippen molar-refractivity contribution >= 4 is 31.3 Å². The van der Waals surface area contributed by atoms with Gasteiger partial charge in [-0.05, 0) is 57.9 Å². The van der Waals surface area contributed by atoms with Crippen molar-refractivity contribution in [1.29, 1.82) is 0 Å². The minimum atomic E-state index is -2.21. The van der Waals surface area contributed by atoms with Gasteiger partial charge in [0, 0.05) is 5.92 Å². The van der Waals surface area contributed by atoms with Crippen molar-refractivity contribution < 1.29 is 18.8 Å². The molecular formula is C27H36ClNO4Si. The topological polar surface area (TPSA) is 64.6 Å². The van der Waals surface area contributed by atoms with E-state index in [9.17, 15) is 9.59 Å². The highest BCUT2D eigenvalue weighted by molar-refractivity contribution is 6.74. The fourth-order valence-electron chi connectivity index (χ4n) is 4.14. The predicted molar refractivity (Wildman–Crippen MR) is 140 cm³/mol. The van der Waals surface area contributed by atoms with E-state index >= 15 is 0 Å². The quantitative estimate of drug-likeness (QED) is 0.322. The molecule has 184 valence electrons. The zero-order valence-corrected chi connectivity index (χ0v) is 22.9. The van der Waals surface area contributed by atoms with Crippen LogP contribution < -0.4 is 5.32 Å². The molecule has 2 atom stereocenters. The number of amides is 1. The van der Waals surface area contributed by atoms with E-state index in [0.29, 0.717) is 0 Å². The van der Waals surface area contributed by atoms with Crippen LogP contribution in [0.3, 0.4) is 0 Å². The fourth-order valence-corrected chi connectivity index (χ4v) is 5.76. The first-order valence-corrected chi connectivity index (χ1v) is 15.1. The average Bonchev–Trinajstić information content (AvgIpc) is 3.07. The van der Waals surface area contributed by atoms with E-state index in [0.717, 1.165) is 22.3 Å². The molecule has 3 rings (SSSR count). The van der Waals surface area contributed by atoms with Gasteiger partial charge in [-0.15, -0.1) is 0 Å². The molecule has 2 aromatic rings. The molecule has 1 amide bonds. The summed E-state index contributed by atoms with van der Waals surface area (Å²) in [7, 11) is -2.21. The second kappa shape index (κ2) is 10.2. The second-order valence-corrected chi connectivity index (χ2v) is 16.0. The van der Waals surface area contributed by atoms with Gasteiger partial charge in [-0.25, -0.2) is 4.79 Å². The highest BCUT2D eigenvalue weighted by Gasteiger charge is 2.43. The Morgan fingerprint density at radius 1 is 1.00 bits per heavy atom. The number of alkyl carbamates (subject to hydrolysis) is 1. The lowest BCUT2D eigenvalue weighted by Crippen LogP contribution is -2.55. The Morgan fingerprint density at radius 2 is 1.50 bits per heavy atom. The maximum atomic E-state index is 12.8. The Bertz CT molecular complexity index is 1000. The van der Waals surface area contributed by atoms with E-state index in [2.05, 4.69) is 63.4 Å². The Kier molecular flexibility index (Phi) is 7.95. The molecule has 0 aromatic heterocycles. The smallest absolute Gasteiger partial charge is 0.407 e. The molecule has 34 heavy (non-hydrogen) atoms. The molecule has 0 aliphatic heterocycles. The number of benzene rings is 2. The van der Waals surface area contributed by atoms with E-state index in [4.69, 9.17) is 20.8 Å². The fraction of sp³-hybridized carbons (Fsp3) is 0.481. The van der Waals surface area contributed by atoms with Crippen LogP contribution in [0.5, 0.6) is 0 Å². The van der Waals surface area contributed by atoms with E-state index < -0.39 is 31.8 Å². The van der Waals surface area contributed by atoms with E-state index in [-0.39, 0.29) is 23.5 Å². The van der Waals surface area contributed by atoms with Gasteiger partial charge in [-0.1, -0.05) is 83.1 Å². The summed E-state index contributed by atoms with van der Waals surface area (Å²) >= 11 is 5.96. The third-order valence-electron chi connectivity index (χ3n) is 7.08. The molecular weight excluding hydrogens is 466 g/mol. The minimum Gasteiger partial charge on any atom is -0.449 e. The number of carbonyl (C=O) groups is 2. The lowest BCUT2D eigenvalue weighted by Gasteiger charge is -2.42. The Balaban J connectivity index is 1.74. The first-order valence-electron chi connectivity index (χ1n) is 11.8. The first kappa shape index (κ1) is 26.5. The Labute approximate surface area is 209 Å². The van der Waals surface area contributed by atoms with Gasteiger partial charge in [-0.2, -0.15) is 0 Å². The van der Waals surface area contributed by atoms with Crippen LogP contribution in [-0.2, 0) is 14.0 Å². The molecule has 5 nitrogen and oxygen atoms in total. The highest BCUT2D eigenvalue weighted by Crippen LogP contribution is 2.44. The molecule has 1 aliphatic rings. The number of fused-ring (bicyclic) bond motifs is 3. The van der Waals surface area contributed by atoms with E-state index in [1.54, 1.807) is 0 Å². The lowest BCUT2D eigenvalue weighted by atomic mass is 9.98. The number of halogens is 1. The normalized spacial score (nSPS) is 15.4. The molecule has 0 heterocycles. The van der Waals surface area contributed by atoms with Crippen LogP contribution in [0.1, 0.15) is 51.7 Å². The maximum Gasteiger partial charge on any atom is 0.407 e. The van der Waals surface area contributed by atoms with E-state index in [1.165, 1.54) is 0 Å². The van der Waals surface area contributed by atoms with Crippen molar-refractivity contribution in [1.82, 2.24) is 5.32 Å². The van der Waals surface area contributed by atoms with Crippen molar-refractivity contribution in [2.24, 2.45) is 5.92 Å². The number of ether oxygens (including phenoxy) is 1. The molecule has 0 unspecified atom stereocenters. The van der Waals surface area contributed by atoms with Gasteiger partial charge in [-0.3, -0.25) is 4.79 Å². The summed E-state index contributed by atoms with van der Waals surface area (Å²) < 4.78 is 12.2. The lowest BCUT2D eigenvalue weighted by molar-refractivity contribution is -0.116. The van der Waals surface area contributed by atoms with Gasteiger partial charge in [0.25, 0.3) is 0 Å². The molecule has 1 N–H and O–H groups in total. The number of hydrogen-bond acceptors (Lipinski definition) is 4. The number of rotatable bonds is 8. The summed E-state index contributed by atoms with van der Waals surface area (Å²) in [4.78, 5) is 25.2. The van der Waals surface area contributed by atoms with Crippen LogP contribution in [0, 0.1) is 5.92 Å². The SMILES string of the molecule is CC(C)[C@H](O[Si](C)(C)C(C)(C)C)[C@H](NC(=O)OCC1c2ccccc2-c2ccccc21)C(=O)Cl. The van der Waals surface area contributed by atoms with Crippen molar-refractivity contribution in [3.05, 3.63) is 59.7 Å². The summed E-state index contributed by atoms with van der Waals surface area (Å²) in [6.45, 7) is 14.7. The van der Waals surface area contributed by atoms with Gasteiger partial charge >= 0.3 is 6.09 Å². The third-order valence-corrected chi connectivity index (χ3v) is 11.8. The van der Waals surface area contributed by atoms with Gasteiger partial charge in [0.15, 0.2) is 8.32 Å². The zero-order valence-electron chi connectivity index (χ0n) is 21.1. The number of hydrogen-bond donors (Lipinski definition) is 1. The maximum absolute atomic E-state index is 12.8. The molecule has 0 radical (unpaired) electrons. The highest BCUT2D eigenvalue weighted by atomic mass is 35.5. The summed E-state index contributed by atoms with van der Waals surface area (Å²) in [6, 6.07) is 15.3. The molecule has 0 saturated heterocycles. The summed E-state index contributed by atoms with van der Waals surface area (Å²) in [6.07, 6.45) is -1.23. The average molecular weight is 502 g/mol. The molecule has 0 fully saturated rings. The predicted octanol–water partition coefficient (Wildman–Crippen LogP) is 6.71. The van der Waals surface area contributed by atoms with Gasteiger partial charge in [0.2, 0.25) is 5.24 Å². The van der Waals surface area contributed by atoms with Crippen LogP contribution in [-0.4, -0.2) is 38.4 Å². The molecule has 7 heteroatoms. The number of nitrogens with one attached hydrogen (secondary N) is 1. The van der Waals surface area contributed by atoms with Gasteiger partial charge < -0.3 is 14.5 Å². The van der Waals surface area contributed by atoms with Gasteiger partial charge in [0.05, 0.1) is 6.10 Å². The van der Waals surface area contributed by atoms with Crippen LogP contribution in [0.4, 0.5) is 4.79 Å². The summed E-state index contributed by atoms with van der Waals surface area (Å²) in [5, 5.41) is 1.99. The van der Waals surface area contributed by atoms with Gasteiger partial charge in [0.1, 0.15) is 12.6 Å². The van der Waals surface area contributed by atoms with Crippen molar-refractivity contribution in [2.45, 2.75) is 70.8 Å². The Morgan fingerprint density at radius 3 is 1.94 bits per heavy atom. The zero-order chi connectivity index (χ0) is 25.3. The molecule has 0 spiro atoms. The minimum absolute atomic E-state index is 0.0317. The van der Waals surface area contributed by atoms with Crippen molar-refractivity contribution in [2.75, 3.05) is 6.61 Å². The molecule has 1 aliphatic carbocycles. The molecule has 0 bridgehead atoms. The molecule has 0 saturated carbocycles. The standard InChI is InChI=1S/C27H36ClNO4Si/c1-17(2)24(33-34(6,7)27(3,4)5)23(25(28)30)29-26(31)32-16-22-20-14-10-8-12-18(20)19-13-9-11-15-21(19)22/h8-15,17,22-24H,16H2,1-7H3,(H,29,31)/t23-,24-/m0/s1. The van der Waals surface area contributed by atoms with Crippen LogP contribution >= 0.6 is 11.6 Å². The summed E-state index contributed by atoms with van der Waals surface area (Å²) in [5.41, 5.74) is 4.57. The van der Waals surface area contributed by atoms with E-state index in [1.807, 2.05) is 38.1 Å². The second-order valence-electron chi connectivity index (χ2n) is 10.8. The Hall–Kier alpha value is -2.15. The van der Waals surface area contributed by atoms with Crippen LogP contribution in [0.25, 0.3) is 11.1 Å². The molecule has 2 aromatic carbocycles. The van der Waals surface area contributed by atoms with Crippen LogP contribution in [0.2, 0.25) is 18.1 Å². The van der Waals surface area contributed by atoms with Crippen LogP contribution in [0.15, 0.2) is 48.5 Å². The first-order chi connectivity index (χ1) is 15.8. The van der Waals surface area contributed by atoms with Crippen molar-refractivity contribution in [3.63, 3.8) is 0 Å². The third kappa shape index (κ3) is 5.56.